The minimum absolute atomic E-state index is 0.0718. The van der Waals surface area contributed by atoms with Crippen LogP contribution >= 0.6 is 0 Å². The van der Waals surface area contributed by atoms with Crippen molar-refractivity contribution in [1.29, 1.82) is 0 Å². The number of amides is 1. The van der Waals surface area contributed by atoms with Crippen molar-refractivity contribution in [3.05, 3.63) is 0 Å². The van der Waals surface area contributed by atoms with Crippen LogP contribution in [0.25, 0.3) is 0 Å². The summed E-state index contributed by atoms with van der Waals surface area (Å²) in [6.07, 6.45) is 3.40. The molecule has 3 unspecified atom stereocenters. The summed E-state index contributed by atoms with van der Waals surface area (Å²) in [5, 5.41) is 3.56. The Morgan fingerprint density at radius 3 is 2.21 bits per heavy atom. The lowest BCUT2D eigenvalue weighted by molar-refractivity contribution is -0.132. The fraction of sp³-hybridized carbons (Fsp3) is 0.933. The third kappa shape index (κ3) is 5.49. The number of ether oxygens (including phenoxy) is 1. The highest BCUT2D eigenvalue weighted by Crippen LogP contribution is 2.20. The minimum Gasteiger partial charge on any atom is -0.375 e. The first-order valence-corrected chi connectivity index (χ1v) is 7.42. The molecule has 0 aliphatic carbocycles. The summed E-state index contributed by atoms with van der Waals surface area (Å²) in [5.41, 5.74) is 0. The number of carbonyl (C=O) groups is 1. The topological polar surface area (TPSA) is 41.6 Å². The van der Waals surface area contributed by atoms with Gasteiger partial charge in [-0.05, 0) is 39.0 Å². The summed E-state index contributed by atoms with van der Waals surface area (Å²) in [7, 11) is 3.65. The number of hydrogen-bond donors (Lipinski definition) is 1. The van der Waals surface area contributed by atoms with Gasteiger partial charge < -0.3 is 15.0 Å². The van der Waals surface area contributed by atoms with E-state index in [-0.39, 0.29) is 24.2 Å². The van der Waals surface area contributed by atoms with Gasteiger partial charge in [-0.15, -0.1) is 0 Å². The van der Waals surface area contributed by atoms with Crippen molar-refractivity contribution >= 4 is 5.91 Å². The molecule has 0 radical (unpaired) electrons. The van der Waals surface area contributed by atoms with E-state index in [9.17, 15) is 4.79 Å². The average Bonchev–Trinajstić information content (AvgIpc) is 2.24. The summed E-state index contributed by atoms with van der Waals surface area (Å²) in [6.45, 7) is 8.53. The second-order valence-corrected chi connectivity index (χ2v) is 6.51. The van der Waals surface area contributed by atoms with E-state index in [0.717, 1.165) is 19.3 Å². The Kier molecular flexibility index (Phi) is 6.27. The average molecular weight is 270 g/mol. The number of nitrogens with one attached hydrogen (secondary N) is 1. The number of likely N-dealkylation sites (N-methyl/N-ethyl adjacent to an activating group) is 1. The van der Waals surface area contributed by atoms with Crippen molar-refractivity contribution < 1.29 is 9.53 Å². The molecule has 0 aromatic carbocycles. The molecule has 1 aliphatic heterocycles. The lowest BCUT2D eigenvalue weighted by atomic mass is 9.96. The summed E-state index contributed by atoms with van der Waals surface area (Å²) >= 11 is 0. The van der Waals surface area contributed by atoms with E-state index < -0.39 is 0 Å². The Balaban J connectivity index is 2.63. The second kappa shape index (κ2) is 7.25. The molecule has 112 valence electrons. The quantitative estimate of drug-likeness (QED) is 0.831. The summed E-state index contributed by atoms with van der Waals surface area (Å²) in [6, 6.07) is 0.309. The van der Waals surface area contributed by atoms with Gasteiger partial charge in [0.25, 0.3) is 0 Å². The van der Waals surface area contributed by atoms with Crippen molar-refractivity contribution in [1.82, 2.24) is 10.2 Å². The molecule has 0 bridgehead atoms. The van der Waals surface area contributed by atoms with Crippen LogP contribution in [0.3, 0.4) is 0 Å². The van der Waals surface area contributed by atoms with E-state index in [2.05, 4.69) is 33.0 Å². The minimum atomic E-state index is -0.0718. The van der Waals surface area contributed by atoms with Gasteiger partial charge in [0, 0.05) is 20.1 Å². The summed E-state index contributed by atoms with van der Waals surface area (Å²) in [4.78, 5) is 13.9. The third-order valence-corrected chi connectivity index (χ3v) is 3.58. The van der Waals surface area contributed by atoms with Gasteiger partial charge in [-0.3, -0.25) is 4.79 Å². The van der Waals surface area contributed by atoms with Crippen molar-refractivity contribution in [2.24, 2.45) is 5.92 Å². The molecule has 1 heterocycles. The van der Waals surface area contributed by atoms with Crippen molar-refractivity contribution in [2.45, 2.75) is 71.2 Å². The first-order chi connectivity index (χ1) is 8.79. The van der Waals surface area contributed by atoms with Gasteiger partial charge in [0.1, 0.15) is 0 Å². The predicted molar refractivity (Wildman–Crippen MR) is 78.1 cm³/mol. The molecule has 0 spiro atoms. The Morgan fingerprint density at radius 1 is 1.26 bits per heavy atom. The Labute approximate surface area is 117 Å². The monoisotopic (exact) mass is 270 g/mol. The highest BCUT2D eigenvalue weighted by molar-refractivity contribution is 5.81. The zero-order chi connectivity index (χ0) is 14.6. The summed E-state index contributed by atoms with van der Waals surface area (Å²) < 4.78 is 5.75. The molecule has 1 rings (SSSR count). The molecule has 1 aliphatic rings. The number of rotatable bonds is 5. The zero-order valence-corrected chi connectivity index (χ0v) is 13.3. The first-order valence-electron chi connectivity index (χ1n) is 7.42. The van der Waals surface area contributed by atoms with E-state index in [1.54, 1.807) is 4.90 Å². The molecule has 0 saturated carbocycles. The van der Waals surface area contributed by atoms with Crippen molar-refractivity contribution in [2.75, 3.05) is 14.1 Å². The van der Waals surface area contributed by atoms with Gasteiger partial charge in [-0.2, -0.15) is 0 Å². The van der Waals surface area contributed by atoms with Crippen LogP contribution in [0.15, 0.2) is 0 Å². The fourth-order valence-electron chi connectivity index (χ4n) is 2.85. The van der Waals surface area contributed by atoms with Crippen LogP contribution in [0.5, 0.6) is 0 Å². The maximum atomic E-state index is 12.2. The Bertz CT molecular complexity index is 282. The number of carbonyl (C=O) groups excluding carboxylic acids is 1. The molecule has 4 heteroatoms. The van der Waals surface area contributed by atoms with Crippen LogP contribution < -0.4 is 5.32 Å². The van der Waals surface area contributed by atoms with Gasteiger partial charge in [0.15, 0.2) is 0 Å². The van der Waals surface area contributed by atoms with Crippen LogP contribution in [-0.4, -0.2) is 49.2 Å². The van der Waals surface area contributed by atoms with Crippen LogP contribution in [0.4, 0.5) is 0 Å². The fourth-order valence-corrected chi connectivity index (χ4v) is 2.85. The molecule has 19 heavy (non-hydrogen) atoms. The second-order valence-electron chi connectivity index (χ2n) is 6.51. The predicted octanol–water partition coefficient (Wildman–Crippen LogP) is 2.03. The maximum absolute atomic E-state index is 12.2. The normalized spacial score (nSPS) is 29.3. The highest BCUT2D eigenvalue weighted by Gasteiger charge is 2.29. The lowest BCUT2D eigenvalue weighted by Gasteiger charge is -2.35. The van der Waals surface area contributed by atoms with Crippen LogP contribution in [0.1, 0.15) is 47.0 Å². The maximum Gasteiger partial charge on any atom is 0.239 e. The molecular weight excluding hydrogens is 240 g/mol. The third-order valence-electron chi connectivity index (χ3n) is 3.58. The summed E-state index contributed by atoms with van der Waals surface area (Å²) in [5.74, 6) is 0.691. The highest BCUT2D eigenvalue weighted by atomic mass is 16.5. The van der Waals surface area contributed by atoms with Crippen molar-refractivity contribution in [3.8, 4) is 0 Å². The first kappa shape index (κ1) is 16.4. The Hall–Kier alpha value is -0.610. The van der Waals surface area contributed by atoms with Gasteiger partial charge in [-0.1, -0.05) is 13.8 Å². The molecule has 0 aromatic heterocycles. The molecule has 4 nitrogen and oxygen atoms in total. The zero-order valence-electron chi connectivity index (χ0n) is 13.3. The molecular formula is C15H30N2O2. The van der Waals surface area contributed by atoms with Gasteiger partial charge in [0.2, 0.25) is 5.91 Å². The smallest absolute Gasteiger partial charge is 0.239 e. The number of hydrogen-bond acceptors (Lipinski definition) is 3. The molecule has 1 saturated heterocycles. The molecule has 1 amide bonds. The largest absolute Gasteiger partial charge is 0.375 e. The van der Waals surface area contributed by atoms with E-state index in [1.807, 2.05) is 14.1 Å². The van der Waals surface area contributed by atoms with Crippen LogP contribution in [0.2, 0.25) is 0 Å². The van der Waals surface area contributed by atoms with E-state index in [1.165, 1.54) is 0 Å². The number of nitrogens with zero attached hydrogens (tertiary/aromatic N) is 1. The molecule has 3 atom stereocenters. The lowest BCUT2D eigenvalue weighted by Crippen LogP contribution is -2.51. The van der Waals surface area contributed by atoms with Gasteiger partial charge >= 0.3 is 0 Å². The van der Waals surface area contributed by atoms with Gasteiger partial charge in [0.05, 0.1) is 18.2 Å². The molecule has 0 aromatic rings. The van der Waals surface area contributed by atoms with Gasteiger partial charge in [-0.25, -0.2) is 0 Å². The SMILES string of the molecule is CC(C)CC(NC1CC(C)OC(C)C1)C(=O)N(C)C. The van der Waals surface area contributed by atoms with E-state index >= 15 is 0 Å². The van der Waals surface area contributed by atoms with E-state index in [4.69, 9.17) is 4.74 Å². The molecule has 1 N–H and O–H groups in total. The molecule has 1 fully saturated rings. The van der Waals surface area contributed by atoms with Crippen LogP contribution in [0, 0.1) is 5.92 Å². The van der Waals surface area contributed by atoms with Crippen molar-refractivity contribution in [3.63, 3.8) is 0 Å². The van der Waals surface area contributed by atoms with E-state index in [0.29, 0.717) is 12.0 Å². The standard InChI is InChI=1S/C15H30N2O2/c1-10(2)7-14(15(18)17(5)6)16-13-8-11(3)19-12(4)9-13/h10-14,16H,7-9H2,1-6H3. The van der Waals surface area contributed by atoms with Crippen LogP contribution in [-0.2, 0) is 9.53 Å². The Morgan fingerprint density at radius 2 is 1.79 bits per heavy atom.